The standard InChI is InChI=1S/C24H20F3N5O/c1-3-5-16-12-20(31-21-10-7-15(13-29-21)14(2)33)17-8-9-19(32-23(17)30-16)22-18(24(25,26)27)6-4-11-28-22/h4,6-13H,3,5H2,1-2H3,(H,29,30,31,32). The Morgan fingerprint density at radius 2 is 1.88 bits per heavy atom. The lowest BCUT2D eigenvalue weighted by Crippen LogP contribution is -2.09. The number of aromatic nitrogens is 4. The van der Waals surface area contributed by atoms with Crippen LogP contribution < -0.4 is 5.32 Å². The van der Waals surface area contributed by atoms with E-state index < -0.39 is 11.7 Å². The van der Waals surface area contributed by atoms with E-state index in [1.165, 1.54) is 31.5 Å². The van der Waals surface area contributed by atoms with Crippen molar-refractivity contribution in [2.75, 3.05) is 5.32 Å². The second-order valence-corrected chi connectivity index (χ2v) is 7.49. The van der Waals surface area contributed by atoms with E-state index in [2.05, 4.69) is 25.3 Å². The number of nitrogens with zero attached hydrogens (tertiary/aromatic N) is 4. The first-order valence-corrected chi connectivity index (χ1v) is 10.3. The van der Waals surface area contributed by atoms with Gasteiger partial charge in [-0.15, -0.1) is 0 Å². The predicted molar refractivity (Wildman–Crippen MR) is 119 cm³/mol. The molecule has 0 saturated carbocycles. The van der Waals surface area contributed by atoms with Gasteiger partial charge in [0.2, 0.25) is 0 Å². The number of carbonyl (C=O) groups excluding carboxylic acids is 1. The summed E-state index contributed by atoms with van der Waals surface area (Å²) in [5.41, 5.74) is 1.21. The molecule has 0 saturated heterocycles. The average molecular weight is 451 g/mol. The molecule has 168 valence electrons. The van der Waals surface area contributed by atoms with E-state index in [0.29, 0.717) is 34.5 Å². The van der Waals surface area contributed by atoms with Gasteiger partial charge in [-0.2, -0.15) is 13.2 Å². The highest BCUT2D eigenvalue weighted by molar-refractivity contribution is 5.94. The minimum Gasteiger partial charge on any atom is -0.340 e. The van der Waals surface area contributed by atoms with Crippen molar-refractivity contribution < 1.29 is 18.0 Å². The van der Waals surface area contributed by atoms with Crippen molar-refractivity contribution in [3.63, 3.8) is 0 Å². The van der Waals surface area contributed by atoms with Crippen molar-refractivity contribution in [2.45, 2.75) is 32.9 Å². The summed E-state index contributed by atoms with van der Waals surface area (Å²) in [7, 11) is 0. The summed E-state index contributed by atoms with van der Waals surface area (Å²) in [4.78, 5) is 28.7. The zero-order valence-electron chi connectivity index (χ0n) is 17.9. The van der Waals surface area contributed by atoms with E-state index in [9.17, 15) is 18.0 Å². The van der Waals surface area contributed by atoms with Gasteiger partial charge in [-0.3, -0.25) is 9.78 Å². The van der Waals surface area contributed by atoms with Gasteiger partial charge in [0.1, 0.15) is 11.5 Å². The fraction of sp³-hybridized carbons (Fsp3) is 0.208. The fourth-order valence-electron chi connectivity index (χ4n) is 3.43. The number of ketones is 1. The molecule has 0 fully saturated rings. The van der Waals surface area contributed by atoms with Crippen LogP contribution in [0.5, 0.6) is 0 Å². The van der Waals surface area contributed by atoms with E-state index in [4.69, 9.17) is 0 Å². The molecule has 4 rings (SSSR count). The molecule has 4 aromatic heterocycles. The van der Waals surface area contributed by atoms with Crippen LogP contribution in [-0.4, -0.2) is 25.7 Å². The molecule has 0 atom stereocenters. The number of fused-ring (bicyclic) bond motifs is 1. The van der Waals surface area contributed by atoms with Crippen molar-refractivity contribution in [3.8, 4) is 11.4 Å². The summed E-state index contributed by atoms with van der Waals surface area (Å²) in [5, 5.41) is 3.83. The first-order valence-electron chi connectivity index (χ1n) is 10.3. The third-order valence-electron chi connectivity index (χ3n) is 5.02. The Morgan fingerprint density at radius 3 is 2.55 bits per heavy atom. The highest BCUT2D eigenvalue weighted by Gasteiger charge is 2.34. The van der Waals surface area contributed by atoms with Crippen LogP contribution in [0.25, 0.3) is 22.4 Å². The van der Waals surface area contributed by atoms with Crippen LogP contribution in [-0.2, 0) is 12.6 Å². The van der Waals surface area contributed by atoms with E-state index >= 15 is 0 Å². The molecule has 0 unspecified atom stereocenters. The Morgan fingerprint density at radius 1 is 1.06 bits per heavy atom. The maximum Gasteiger partial charge on any atom is 0.418 e. The topological polar surface area (TPSA) is 80.7 Å². The Labute approximate surface area is 188 Å². The molecule has 9 heteroatoms. The van der Waals surface area contributed by atoms with Gasteiger partial charge in [-0.1, -0.05) is 13.3 Å². The maximum absolute atomic E-state index is 13.5. The monoisotopic (exact) mass is 451 g/mol. The van der Waals surface area contributed by atoms with Crippen LogP contribution in [0, 0.1) is 0 Å². The van der Waals surface area contributed by atoms with Gasteiger partial charge in [0.15, 0.2) is 11.4 Å². The Hall–Kier alpha value is -3.88. The summed E-state index contributed by atoms with van der Waals surface area (Å²) in [6.45, 7) is 3.47. The number of rotatable bonds is 6. The highest BCUT2D eigenvalue weighted by atomic mass is 19.4. The molecule has 0 aliphatic rings. The van der Waals surface area contributed by atoms with Crippen LogP contribution >= 0.6 is 0 Å². The fourth-order valence-corrected chi connectivity index (χ4v) is 3.43. The molecular weight excluding hydrogens is 431 g/mol. The van der Waals surface area contributed by atoms with Gasteiger partial charge in [-0.05, 0) is 55.8 Å². The predicted octanol–water partition coefficient (Wildman–Crippen LogP) is 6.00. The minimum atomic E-state index is -4.55. The third-order valence-corrected chi connectivity index (χ3v) is 5.02. The Bertz CT molecular complexity index is 1320. The van der Waals surface area contributed by atoms with Crippen molar-refractivity contribution >= 4 is 28.3 Å². The van der Waals surface area contributed by atoms with Gasteiger partial charge < -0.3 is 5.32 Å². The molecule has 6 nitrogen and oxygen atoms in total. The molecule has 1 N–H and O–H groups in total. The Balaban J connectivity index is 1.80. The number of anilines is 2. The molecule has 4 heterocycles. The van der Waals surface area contributed by atoms with E-state index in [0.717, 1.165) is 18.2 Å². The summed E-state index contributed by atoms with van der Waals surface area (Å²) in [6, 6.07) is 10.6. The molecule has 4 aromatic rings. The first-order chi connectivity index (χ1) is 15.8. The third kappa shape index (κ3) is 4.82. The first kappa shape index (κ1) is 22.3. The van der Waals surface area contributed by atoms with Gasteiger partial charge in [0.05, 0.1) is 16.9 Å². The number of nitrogens with one attached hydrogen (secondary N) is 1. The smallest absolute Gasteiger partial charge is 0.340 e. The van der Waals surface area contributed by atoms with Crippen LogP contribution in [0.3, 0.4) is 0 Å². The van der Waals surface area contributed by atoms with E-state index in [-0.39, 0.29) is 17.2 Å². The van der Waals surface area contributed by atoms with E-state index in [1.807, 2.05) is 13.0 Å². The van der Waals surface area contributed by atoms with Gasteiger partial charge >= 0.3 is 6.18 Å². The number of aryl methyl sites for hydroxylation is 1. The minimum absolute atomic E-state index is 0.0851. The number of hydrogen-bond donors (Lipinski definition) is 1. The number of alkyl halides is 3. The van der Waals surface area contributed by atoms with Crippen molar-refractivity contribution in [3.05, 3.63) is 71.7 Å². The van der Waals surface area contributed by atoms with Crippen molar-refractivity contribution in [2.24, 2.45) is 0 Å². The summed E-state index contributed by atoms with van der Waals surface area (Å²) in [6.07, 6.45) is -0.258. The average Bonchev–Trinajstić information content (AvgIpc) is 2.79. The van der Waals surface area contributed by atoms with Crippen LogP contribution in [0.2, 0.25) is 0 Å². The van der Waals surface area contributed by atoms with Crippen LogP contribution in [0.4, 0.5) is 24.7 Å². The molecule has 0 aromatic carbocycles. The number of hydrogen-bond acceptors (Lipinski definition) is 6. The molecule has 0 aliphatic heterocycles. The van der Waals surface area contributed by atoms with Gasteiger partial charge in [0, 0.05) is 29.0 Å². The normalized spacial score (nSPS) is 11.5. The van der Waals surface area contributed by atoms with Crippen LogP contribution in [0.15, 0.2) is 54.9 Å². The number of halogens is 3. The van der Waals surface area contributed by atoms with Gasteiger partial charge in [-0.25, -0.2) is 15.0 Å². The molecule has 0 amide bonds. The summed E-state index contributed by atoms with van der Waals surface area (Å²) < 4.78 is 40.4. The zero-order chi connectivity index (χ0) is 23.6. The SMILES string of the molecule is CCCc1cc(Nc2ccc(C(C)=O)cn2)c2ccc(-c3ncccc3C(F)(F)F)nc2n1. The molecule has 0 spiro atoms. The highest BCUT2D eigenvalue weighted by Crippen LogP contribution is 2.36. The number of carbonyl (C=O) groups is 1. The lowest BCUT2D eigenvalue weighted by Gasteiger charge is -2.14. The quantitative estimate of drug-likeness (QED) is 0.362. The second kappa shape index (κ2) is 8.93. The summed E-state index contributed by atoms with van der Waals surface area (Å²) >= 11 is 0. The maximum atomic E-state index is 13.5. The molecule has 33 heavy (non-hydrogen) atoms. The lowest BCUT2D eigenvalue weighted by molar-refractivity contribution is -0.137. The van der Waals surface area contributed by atoms with Gasteiger partial charge in [0.25, 0.3) is 0 Å². The molecular formula is C24H20F3N5O. The molecule has 0 radical (unpaired) electrons. The largest absolute Gasteiger partial charge is 0.418 e. The second-order valence-electron chi connectivity index (χ2n) is 7.49. The van der Waals surface area contributed by atoms with Crippen LogP contribution in [0.1, 0.15) is 41.9 Å². The molecule has 0 aliphatic carbocycles. The van der Waals surface area contributed by atoms with Crippen molar-refractivity contribution in [1.29, 1.82) is 0 Å². The Kier molecular flexibility index (Phi) is 6.04. The zero-order valence-corrected chi connectivity index (χ0v) is 17.9. The van der Waals surface area contributed by atoms with Crippen molar-refractivity contribution in [1.82, 2.24) is 19.9 Å². The number of Topliss-reactive ketones (excluding diaryl/α,β-unsaturated/α-hetero) is 1. The lowest BCUT2D eigenvalue weighted by atomic mass is 10.1. The van der Waals surface area contributed by atoms with E-state index in [1.54, 1.807) is 18.2 Å². The number of pyridine rings is 4. The summed E-state index contributed by atoms with van der Waals surface area (Å²) in [5.74, 6) is 0.432. The molecule has 0 bridgehead atoms.